The largest absolute Gasteiger partial charge is 0.506 e. The van der Waals surface area contributed by atoms with Crippen molar-refractivity contribution in [2.75, 3.05) is 0 Å². The second-order valence-electron chi connectivity index (χ2n) is 2.04. The molecule has 0 spiro atoms. The minimum Gasteiger partial charge on any atom is -0.506 e. The number of phenols is 1. The van der Waals surface area contributed by atoms with E-state index in [1.165, 1.54) is 6.07 Å². The maximum absolute atomic E-state index is 12.9. The molecule has 5 heteroatoms. The van der Waals surface area contributed by atoms with E-state index in [-0.39, 0.29) is 20.3 Å². The van der Waals surface area contributed by atoms with Gasteiger partial charge in [0.15, 0.2) is 12.1 Å². The van der Waals surface area contributed by atoms with Crippen molar-refractivity contribution in [1.29, 1.82) is 0 Å². The summed E-state index contributed by atoms with van der Waals surface area (Å²) in [5.41, 5.74) is 0.0372. The van der Waals surface area contributed by atoms with E-state index >= 15 is 0 Å². The Kier molecular flexibility index (Phi) is 2.85. The van der Waals surface area contributed by atoms with E-state index in [0.717, 1.165) is 0 Å². The van der Waals surface area contributed by atoms with E-state index < -0.39 is 5.82 Å². The van der Waals surface area contributed by atoms with E-state index in [1.807, 2.05) is 0 Å². The van der Waals surface area contributed by atoms with Crippen molar-refractivity contribution < 1.29 is 14.3 Å². The Morgan fingerprint density at radius 3 is 2.58 bits per heavy atom. The molecular weight excluding hydrogens is 295 g/mol. The molecule has 0 saturated heterocycles. The highest BCUT2D eigenvalue weighted by molar-refractivity contribution is 9.11. The lowest BCUT2D eigenvalue weighted by molar-refractivity contribution is 0.112. The highest BCUT2D eigenvalue weighted by Gasteiger charge is 2.13. The van der Waals surface area contributed by atoms with Crippen LogP contribution in [0.3, 0.4) is 0 Å². The molecule has 1 rings (SSSR count). The molecule has 0 unspecified atom stereocenters. The SMILES string of the molecule is O=Cc1cc(Br)c(F)c(Br)c1O. The average molecular weight is 298 g/mol. The van der Waals surface area contributed by atoms with Gasteiger partial charge in [0.05, 0.1) is 14.5 Å². The standard InChI is InChI=1S/C7H3Br2FO2/c8-4-1-3(2-11)7(12)5(9)6(4)10/h1-2,12H. The monoisotopic (exact) mass is 296 g/mol. The highest BCUT2D eigenvalue weighted by Crippen LogP contribution is 2.34. The molecule has 0 radical (unpaired) electrons. The molecule has 0 fully saturated rings. The zero-order chi connectivity index (χ0) is 9.30. The molecular formula is C7H3Br2FO2. The molecule has 0 aliphatic carbocycles. The summed E-state index contributed by atoms with van der Waals surface area (Å²) in [6.45, 7) is 0. The Labute approximate surface area is 84.7 Å². The quantitative estimate of drug-likeness (QED) is 0.639. The van der Waals surface area contributed by atoms with Gasteiger partial charge < -0.3 is 5.11 Å². The topological polar surface area (TPSA) is 37.3 Å². The van der Waals surface area contributed by atoms with Gasteiger partial charge in [-0.15, -0.1) is 0 Å². The van der Waals surface area contributed by atoms with E-state index in [1.54, 1.807) is 0 Å². The molecule has 2 nitrogen and oxygen atoms in total. The number of carbonyl (C=O) groups is 1. The average Bonchev–Trinajstić information content (AvgIpc) is 2.08. The number of rotatable bonds is 1. The van der Waals surface area contributed by atoms with Crippen LogP contribution in [-0.4, -0.2) is 11.4 Å². The summed E-state index contributed by atoms with van der Waals surface area (Å²) in [5, 5.41) is 9.16. The molecule has 0 saturated carbocycles. The molecule has 64 valence electrons. The Hall–Kier alpha value is -0.420. The van der Waals surface area contributed by atoms with Crippen molar-refractivity contribution in [2.24, 2.45) is 0 Å². The first-order valence-electron chi connectivity index (χ1n) is 2.89. The predicted octanol–water partition coefficient (Wildman–Crippen LogP) is 2.87. The third kappa shape index (κ3) is 1.51. The third-order valence-corrected chi connectivity index (χ3v) is 2.59. The first-order valence-corrected chi connectivity index (χ1v) is 4.48. The number of phenolic OH excluding ortho intramolecular Hbond substituents is 1. The second-order valence-corrected chi connectivity index (χ2v) is 3.69. The van der Waals surface area contributed by atoms with E-state index in [4.69, 9.17) is 5.11 Å². The van der Waals surface area contributed by atoms with E-state index in [9.17, 15) is 9.18 Å². The first kappa shape index (κ1) is 9.67. The van der Waals surface area contributed by atoms with Crippen LogP contribution in [0.15, 0.2) is 15.0 Å². The molecule has 0 amide bonds. The summed E-state index contributed by atoms with van der Waals surface area (Å²) >= 11 is 5.70. The summed E-state index contributed by atoms with van der Waals surface area (Å²) in [6, 6.07) is 1.21. The van der Waals surface area contributed by atoms with Gasteiger partial charge in [0.1, 0.15) is 5.75 Å². The highest BCUT2D eigenvalue weighted by atomic mass is 79.9. The predicted molar refractivity (Wildman–Crippen MR) is 48.9 cm³/mol. The van der Waals surface area contributed by atoms with E-state index in [0.29, 0.717) is 6.29 Å². The van der Waals surface area contributed by atoms with Crippen LogP contribution in [0.5, 0.6) is 5.75 Å². The number of carbonyl (C=O) groups excluding carboxylic acids is 1. The van der Waals surface area contributed by atoms with Crippen LogP contribution in [0.2, 0.25) is 0 Å². The van der Waals surface area contributed by atoms with Crippen LogP contribution in [0.4, 0.5) is 4.39 Å². The lowest BCUT2D eigenvalue weighted by atomic mass is 10.2. The van der Waals surface area contributed by atoms with Crippen LogP contribution in [0.25, 0.3) is 0 Å². The molecule has 0 aromatic heterocycles. The molecule has 12 heavy (non-hydrogen) atoms. The second kappa shape index (κ2) is 3.53. The van der Waals surface area contributed by atoms with Gasteiger partial charge in [-0.25, -0.2) is 4.39 Å². The number of aldehydes is 1. The minimum atomic E-state index is -0.627. The molecule has 1 aromatic carbocycles. The lowest BCUT2D eigenvalue weighted by Crippen LogP contribution is -1.88. The Morgan fingerprint density at radius 1 is 1.50 bits per heavy atom. The van der Waals surface area contributed by atoms with Gasteiger partial charge in [-0.3, -0.25) is 4.79 Å². The molecule has 0 bridgehead atoms. The fourth-order valence-corrected chi connectivity index (χ4v) is 1.85. The van der Waals surface area contributed by atoms with Gasteiger partial charge in [0, 0.05) is 0 Å². The van der Waals surface area contributed by atoms with Gasteiger partial charge in [-0.2, -0.15) is 0 Å². The lowest BCUT2D eigenvalue weighted by Gasteiger charge is -2.02. The summed E-state index contributed by atoms with van der Waals surface area (Å²) < 4.78 is 13.0. The zero-order valence-corrected chi connectivity index (χ0v) is 8.82. The van der Waals surface area contributed by atoms with Crippen LogP contribution in [0, 0.1) is 5.82 Å². The summed E-state index contributed by atoms with van der Waals surface area (Å²) in [6.07, 6.45) is 0.449. The van der Waals surface area contributed by atoms with Crippen LogP contribution in [0.1, 0.15) is 10.4 Å². The summed E-state index contributed by atoms with van der Waals surface area (Å²) in [4.78, 5) is 10.3. The summed E-state index contributed by atoms with van der Waals surface area (Å²) in [7, 11) is 0. The molecule has 1 N–H and O–H groups in total. The number of benzene rings is 1. The van der Waals surface area contributed by atoms with Gasteiger partial charge in [-0.05, 0) is 37.9 Å². The maximum atomic E-state index is 12.9. The number of hydrogen-bond donors (Lipinski definition) is 1. The minimum absolute atomic E-state index is 0.0372. The van der Waals surface area contributed by atoms with Crippen LogP contribution in [-0.2, 0) is 0 Å². The first-order chi connectivity index (χ1) is 5.57. The van der Waals surface area contributed by atoms with Gasteiger partial charge in [-0.1, -0.05) is 0 Å². The van der Waals surface area contributed by atoms with Crippen LogP contribution < -0.4 is 0 Å². The number of aromatic hydroxyl groups is 1. The van der Waals surface area contributed by atoms with Crippen molar-refractivity contribution >= 4 is 38.1 Å². The van der Waals surface area contributed by atoms with Gasteiger partial charge in [0.25, 0.3) is 0 Å². The molecule has 0 heterocycles. The smallest absolute Gasteiger partial charge is 0.155 e. The molecule has 0 aliphatic heterocycles. The Bertz CT molecular complexity index is 339. The van der Waals surface area contributed by atoms with E-state index in [2.05, 4.69) is 31.9 Å². The van der Waals surface area contributed by atoms with Gasteiger partial charge >= 0.3 is 0 Å². The third-order valence-electron chi connectivity index (χ3n) is 1.29. The summed E-state index contributed by atoms with van der Waals surface area (Å²) in [5.74, 6) is -1.01. The Balaban J connectivity index is 3.49. The van der Waals surface area contributed by atoms with Crippen molar-refractivity contribution in [1.82, 2.24) is 0 Å². The zero-order valence-electron chi connectivity index (χ0n) is 5.64. The molecule has 1 aromatic rings. The number of hydrogen-bond acceptors (Lipinski definition) is 2. The van der Waals surface area contributed by atoms with Crippen molar-refractivity contribution in [2.45, 2.75) is 0 Å². The Morgan fingerprint density at radius 2 is 2.08 bits per heavy atom. The van der Waals surface area contributed by atoms with Crippen molar-refractivity contribution in [3.8, 4) is 5.75 Å². The fraction of sp³-hybridized carbons (Fsp3) is 0. The van der Waals surface area contributed by atoms with Gasteiger partial charge in [0.2, 0.25) is 0 Å². The van der Waals surface area contributed by atoms with Crippen molar-refractivity contribution in [3.63, 3.8) is 0 Å². The van der Waals surface area contributed by atoms with Crippen molar-refractivity contribution in [3.05, 3.63) is 26.4 Å². The molecule has 0 aliphatic rings. The number of halogens is 3. The fourth-order valence-electron chi connectivity index (χ4n) is 0.694. The molecule has 0 atom stereocenters. The maximum Gasteiger partial charge on any atom is 0.155 e. The normalized spacial score (nSPS) is 9.92. The van der Waals surface area contributed by atoms with Crippen LogP contribution >= 0.6 is 31.9 Å².